The number of pyridine rings is 1. The van der Waals surface area contributed by atoms with Crippen LogP contribution in [0.5, 0.6) is 0 Å². The fourth-order valence-corrected chi connectivity index (χ4v) is 5.26. The fourth-order valence-electron chi connectivity index (χ4n) is 4.44. The predicted molar refractivity (Wildman–Crippen MR) is 146 cm³/mol. The summed E-state index contributed by atoms with van der Waals surface area (Å²) in [6, 6.07) is 13.8. The van der Waals surface area contributed by atoms with Crippen molar-refractivity contribution in [3.8, 4) is 0 Å². The van der Waals surface area contributed by atoms with E-state index >= 15 is 0 Å². The van der Waals surface area contributed by atoms with Gasteiger partial charge in [0.25, 0.3) is 10.0 Å². The number of sulfonamides is 1. The number of alkyl halides is 3. The molecule has 1 aliphatic heterocycles. The third-order valence-electron chi connectivity index (χ3n) is 6.48. The first kappa shape index (κ1) is 28.8. The van der Waals surface area contributed by atoms with Crippen LogP contribution in [0, 0.1) is 5.92 Å². The average Bonchev–Trinajstić information content (AvgIpc) is 2.94. The number of anilines is 1. The SMILES string of the molecule is C=CCC(C(=O)NS(=O)(=O)C=Cc1ccccc1)C(=O)N1CCN(c2ccnc3cc(C(F)(F)F)ccc23)CC1. The number of carbonyl (C=O) groups is 2. The first-order valence-corrected chi connectivity index (χ1v) is 13.9. The van der Waals surface area contributed by atoms with Gasteiger partial charge in [0.15, 0.2) is 0 Å². The van der Waals surface area contributed by atoms with E-state index in [1.165, 1.54) is 29.3 Å². The third kappa shape index (κ3) is 6.87. The maximum atomic E-state index is 13.3. The van der Waals surface area contributed by atoms with Crippen molar-refractivity contribution in [1.82, 2.24) is 14.6 Å². The lowest BCUT2D eigenvalue weighted by atomic mass is 10.0. The van der Waals surface area contributed by atoms with Crippen molar-refractivity contribution >= 4 is 44.5 Å². The molecule has 0 bridgehead atoms. The van der Waals surface area contributed by atoms with Crippen LogP contribution in [0.3, 0.4) is 0 Å². The highest BCUT2D eigenvalue weighted by Gasteiger charge is 2.34. The zero-order valence-electron chi connectivity index (χ0n) is 21.3. The number of carbonyl (C=O) groups excluding carboxylic acids is 2. The zero-order chi connectivity index (χ0) is 28.9. The topological polar surface area (TPSA) is 99.7 Å². The summed E-state index contributed by atoms with van der Waals surface area (Å²) in [5.41, 5.74) is 0.724. The van der Waals surface area contributed by atoms with Crippen molar-refractivity contribution in [2.24, 2.45) is 5.92 Å². The molecule has 8 nitrogen and oxygen atoms in total. The third-order valence-corrected chi connectivity index (χ3v) is 7.46. The van der Waals surface area contributed by atoms with E-state index in [2.05, 4.69) is 11.6 Å². The lowest BCUT2D eigenvalue weighted by Crippen LogP contribution is -2.52. The number of halogens is 3. The Balaban J connectivity index is 1.43. The van der Waals surface area contributed by atoms with Gasteiger partial charge in [0, 0.05) is 43.4 Å². The van der Waals surface area contributed by atoms with Crippen LogP contribution >= 0.6 is 0 Å². The van der Waals surface area contributed by atoms with Crippen LogP contribution in [0.15, 0.2) is 78.9 Å². The second-order valence-corrected chi connectivity index (χ2v) is 10.7. The minimum absolute atomic E-state index is 0.0562. The van der Waals surface area contributed by atoms with E-state index < -0.39 is 39.5 Å². The Morgan fingerprint density at radius 1 is 1.05 bits per heavy atom. The summed E-state index contributed by atoms with van der Waals surface area (Å²) in [6.07, 6.45) is -0.384. The molecule has 1 N–H and O–H groups in total. The number of nitrogens with zero attached hydrogens (tertiary/aromatic N) is 3. The van der Waals surface area contributed by atoms with Gasteiger partial charge in [-0.05, 0) is 36.3 Å². The number of piperazine rings is 1. The molecular formula is C28H27F3N4O4S. The van der Waals surface area contributed by atoms with Crippen molar-refractivity contribution in [3.63, 3.8) is 0 Å². The minimum Gasteiger partial charge on any atom is -0.367 e. The molecule has 1 fully saturated rings. The quantitative estimate of drug-likeness (QED) is 0.321. The Kier molecular flexibility index (Phi) is 8.58. The molecule has 12 heteroatoms. The molecule has 1 unspecified atom stereocenters. The number of hydrogen-bond acceptors (Lipinski definition) is 6. The summed E-state index contributed by atoms with van der Waals surface area (Å²) in [5.74, 6) is -2.77. The molecular weight excluding hydrogens is 545 g/mol. The van der Waals surface area contributed by atoms with Crippen molar-refractivity contribution in [2.75, 3.05) is 31.1 Å². The average molecular weight is 573 g/mol. The molecule has 2 heterocycles. The Morgan fingerprint density at radius 2 is 1.75 bits per heavy atom. The molecule has 2 amide bonds. The second-order valence-electron chi connectivity index (χ2n) is 9.17. The normalized spacial score (nSPS) is 15.3. The van der Waals surface area contributed by atoms with E-state index in [9.17, 15) is 31.2 Å². The summed E-state index contributed by atoms with van der Waals surface area (Å²) in [4.78, 5) is 33.6. The summed E-state index contributed by atoms with van der Waals surface area (Å²) >= 11 is 0. The fraction of sp³-hybridized carbons (Fsp3) is 0.250. The number of fused-ring (bicyclic) bond motifs is 1. The summed E-state index contributed by atoms with van der Waals surface area (Å²) < 4.78 is 66.2. The first-order chi connectivity index (χ1) is 19.0. The van der Waals surface area contributed by atoms with Crippen LogP contribution in [-0.2, 0) is 25.8 Å². The lowest BCUT2D eigenvalue weighted by molar-refractivity contribution is -0.141. The molecule has 3 aromatic rings. The minimum atomic E-state index is -4.48. The van der Waals surface area contributed by atoms with Crippen LogP contribution in [0.2, 0.25) is 0 Å². The van der Waals surface area contributed by atoms with Crippen molar-refractivity contribution in [3.05, 3.63) is 90.0 Å². The van der Waals surface area contributed by atoms with Gasteiger partial charge in [-0.1, -0.05) is 42.5 Å². The van der Waals surface area contributed by atoms with Gasteiger partial charge in [0.1, 0.15) is 5.92 Å². The number of nitrogens with one attached hydrogen (secondary N) is 1. The Morgan fingerprint density at radius 3 is 2.40 bits per heavy atom. The van der Waals surface area contributed by atoms with Crippen molar-refractivity contribution in [1.29, 1.82) is 0 Å². The largest absolute Gasteiger partial charge is 0.416 e. The molecule has 0 saturated carbocycles. The summed E-state index contributed by atoms with van der Waals surface area (Å²) in [5, 5.41) is 1.42. The van der Waals surface area contributed by atoms with Gasteiger partial charge in [-0.25, -0.2) is 13.1 Å². The number of allylic oxidation sites excluding steroid dienone is 1. The molecule has 4 rings (SSSR count). The monoisotopic (exact) mass is 572 g/mol. The van der Waals surface area contributed by atoms with Crippen LogP contribution in [0.4, 0.5) is 18.9 Å². The number of aromatic nitrogens is 1. The number of hydrogen-bond donors (Lipinski definition) is 1. The highest BCUT2D eigenvalue weighted by molar-refractivity contribution is 7.93. The molecule has 1 atom stereocenters. The standard InChI is InChI=1S/C28H27F3N4O4S/c1-2-6-23(26(36)33-40(38,39)18-12-20-7-4-3-5-8-20)27(37)35-16-14-34(15-17-35)25-11-13-32-24-19-21(28(29,30)31)9-10-22(24)25/h2-5,7-13,18-19,23H,1,6,14-17H2,(H,33,36). The first-order valence-electron chi connectivity index (χ1n) is 12.4. The number of rotatable bonds is 8. The van der Waals surface area contributed by atoms with Gasteiger partial charge in [-0.15, -0.1) is 6.58 Å². The summed E-state index contributed by atoms with van der Waals surface area (Å²) in [6.45, 7) is 4.75. The van der Waals surface area contributed by atoms with Crippen LogP contribution in [0.1, 0.15) is 17.5 Å². The van der Waals surface area contributed by atoms with E-state index in [0.29, 0.717) is 29.7 Å². The summed E-state index contributed by atoms with van der Waals surface area (Å²) in [7, 11) is -4.15. The zero-order valence-corrected chi connectivity index (χ0v) is 22.2. The van der Waals surface area contributed by atoms with Crippen LogP contribution in [-0.4, -0.2) is 56.3 Å². The molecule has 1 saturated heterocycles. The number of amides is 2. The molecule has 1 aliphatic rings. The maximum absolute atomic E-state index is 13.3. The molecule has 210 valence electrons. The van der Waals surface area contributed by atoms with E-state index in [1.54, 1.807) is 36.4 Å². The molecule has 0 spiro atoms. The van der Waals surface area contributed by atoms with Gasteiger partial charge in [-0.3, -0.25) is 14.6 Å². The van der Waals surface area contributed by atoms with Gasteiger partial charge in [0.05, 0.1) is 16.5 Å². The second kappa shape index (κ2) is 11.9. The highest BCUT2D eigenvalue weighted by atomic mass is 32.2. The molecule has 1 aromatic heterocycles. The van der Waals surface area contributed by atoms with Gasteiger partial charge in [-0.2, -0.15) is 13.2 Å². The Hall–Kier alpha value is -4.19. The molecule has 2 aromatic carbocycles. The molecule has 40 heavy (non-hydrogen) atoms. The molecule has 0 aliphatic carbocycles. The Labute approximate surface area is 229 Å². The van der Waals surface area contributed by atoms with Gasteiger partial charge >= 0.3 is 6.18 Å². The smallest absolute Gasteiger partial charge is 0.367 e. The van der Waals surface area contributed by atoms with E-state index in [-0.39, 0.29) is 25.0 Å². The van der Waals surface area contributed by atoms with E-state index in [1.807, 2.05) is 9.62 Å². The lowest BCUT2D eigenvalue weighted by Gasteiger charge is -2.37. The van der Waals surface area contributed by atoms with Crippen LogP contribution < -0.4 is 9.62 Å². The van der Waals surface area contributed by atoms with E-state index in [4.69, 9.17) is 0 Å². The Bertz CT molecular complexity index is 1530. The highest BCUT2D eigenvalue weighted by Crippen LogP contribution is 2.34. The van der Waals surface area contributed by atoms with Gasteiger partial charge in [0.2, 0.25) is 11.8 Å². The van der Waals surface area contributed by atoms with Gasteiger partial charge < -0.3 is 9.80 Å². The maximum Gasteiger partial charge on any atom is 0.416 e. The van der Waals surface area contributed by atoms with Crippen molar-refractivity contribution < 1.29 is 31.2 Å². The van der Waals surface area contributed by atoms with Crippen molar-refractivity contribution in [2.45, 2.75) is 12.6 Å². The van der Waals surface area contributed by atoms with Crippen LogP contribution in [0.25, 0.3) is 17.0 Å². The predicted octanol–water partition coefficient (Wildman–Crippen LogP) is 4.21. The van der Waals surface area contributed by atoms with E-state index in [0.717, 1.165) is 17.5 Å². The molecule has 0 radical (unpaired) electrons. The number of benzene rings is 2.